The molecule has 0 saturated carbocycles. The predicted molar refractivity (Wildman–Crippen MR) is 244 cm³/mol. The number of primary amides is 2. The topological polar surface area (TPSA) is 440 Å². The summed E-state index contributed by atoms with van der Waals surface area (Å²) in [5.74, 6) is -8.31. The molecule has 1 fully saturated rings. The lowest BCUT2D eigenvalue weighted by atomic mass is 9.95. The van der Waals surface area contributed by atoms with Crippen LogP contribution in [0.3, 0.4) is 0 Å². The highest BCUT2D eigenvalue weighted by atomic mass is 16.7. The van der Waals surface area contributed by atoms with Crippen LogP contribution in [0.4, 0.5) is 0 Å². The van der Waals surface area contributed by atoms with E-state index in [1.54, 1.807) is 13.8 Å². The molecule has 0 spiro atoms. The van der Waals surface area contributed by atoms with E-state index in [0.717, 1.165) is 11.8 Å². The summed E-state index contributed by atoms with van der Waals surface area (Å²) in [6.45, 7) is 3.15. The molecule has 71 heavy (non-hydrogen) atoms. The van der Waals surface area contributed by atoms with Gasteiger partial charge in [-0.1, -0.05) is 13.8 Å². The first-order chi connectivity index (χ1) is 33.5. The van der Waals surface area contributed by atoms with E-state index in [1.165, 1.54) is 26.2 Å². The van der Waals surface area contributed by atoms with Crippen molar-refractivity contribution >= 4 is 59.1 Å². The molecule has 2 aliphatic heterocycles. The maximum absolute atomic E-state index is 13.7. The van der Waals surface area contributed by atoms with Crippen LogP contribution < -0.4 is 38.1 Å². The number of aliphatic hydroxyl groups excluding tert-OH is 5. The summed E-state index contributed by atoms with van der Waals surface area (Å²) in [6, 6.07) is -5.19. The quantitative estimate of drug-likeness (QED) is 0.0272. The van der Waals surface area contributed by atoms with Crippen LogP contribution in [0, 0.1) is 5.92 Å². The molecule has 0 radical (unpaired) electrons. The van der Waals surface area contributed by atoms with Crippen molar-refractivity contribution in [2.45, 2.75) is 152 Å². The fourth-order valence-electron chi connectivity index (χ4n) is 7.47. The average Bonchev–Trinajstić information content (AvgIpc) is 3.29. The molecule has 402 valence electrons. The molecule has 0 aromatic heterocycles. The summed E-state index contributed by atoms with van der Waals surface area (Å²) in [7, 11) is 1.50. The molecule has 2 heterocycles. The lowest BCUT2D eigenvalue weighted by molar-refractivity contribution is -0.273. The zero-order valence-electron chi connectivity index (χ0n) is 40.4. The third-order valence-corrected chi connectivity index (χ3v) is 11.4. The largest absolute Gasteiger partial charge is 0.481 e. The number of hydrogen-bond acceptors (Lipinski definition) is 20. The molecule has 7 amide bonds. The first-order valence-corrected chi connectivity index (χ1v) is 23.1. The molecule has 0 aliphatic carbocycles. The van der Waals surface area contributed by atoms with Gasteiger partial charge in [0.25, 0.3) is 0 Å². The Bertz CT molecular complexity index is 1890. The molecule has 0 bridgehead atoms. The number of nitrogens with two attached hydrogens (primary N) is 2. The van der Waals surface area contributed by atoms with Crippen LogP contribution in [0.15, 0.2) is 17.3 Å². The molecule has 0 aromatic carbocycles. The standard InChI is InChI=1S/C43H71N9O19/c1-6-23(17-48-31(57)13-15-68-28(36(62)27(56)19-53)16-32(58)51-30-12-14-47-30)41(65)50-25(39(44)63)8-11-34(61)71-37-29(20-54)70-43(67)35(49-22(4)55)38(37)69-21(3)18-52(42(66)24(7-2)46-5)26(40(45)64)9-10-33(59)60/h12,14,21,23-29,35-38,43,46,53-54,56,62,67H,6-11,13,15-20H2,1-5H3,(H2,44,63)(H2,45,64)(H,48,57)(H,49,55)(H,50,65)(H,59,60)(H,47,51,58)/t21?,23?,24?,25?,26-,27-,28-,29-,35-,36-,37-,38-,43+/m1/s1. The number of likely N-dealkylation sites (N-methyl/N-ethyl adjacent to an activating group) is 1. The molecule has 28 nitrogen and oxygen atoms in total. The normalized spacial score (nSPS) is 21.8. The summed E-state index contributed by atoms with van der Waals surface area (Å²) in [5.41, 5.74) is 11.2. The minimum Gasteiger partial charge on any atom is -0.481 e. The van der Waals surface area contributed by atoms with Crippen molar-refractivity contribution in [3.05, 3.63) is 12.3 Å². The number of aliphatic carboxylic acids is 1. The number of ether oxygens (including phenoxy) is 4. The van der Waals surface area contributed by atoms with Crippen molar-refractivity contribution in [2.75, 3.05) is 40.0 Å². The van der Waals surface area contributed by atoms with Crippen LogP contribution in [0.2, 0.25) is 0 Å². The highest BCUT2D eigenvalue weighted by Gasteiger charge is 2.50. The van der Waals surface area contributed by atoms with E-state index in [2.05, 4.69) is 31.6 Å². The lowest BCUT2D eigenvalue weighted by Gasteiger charge is -2.45. The van der Waals surface area contributed by atoms with Gasteiger partial charge in [0.1, 0.15) is 48.4 Å². The second-order valence-corrected chi connectivity index (χ2v) is 16.8. The number of rotatable bonds is 33. The number of carbonyl (C=O) groups is 9. The smallest absolute Gasteiger partial charge is 0.306 e. The Hall–Kier alpha value is -5.72. The van der Waals surface area contributed by atoms with E-state index in [9.17, 15) is 73.8 Å². The van der Waals surface area contributed by atoms with E-state index in [4.69, 9.17) is 30.4 Å². The number of esters is 1. The molecule has 1 saturated heterocycles. The van der Waals surface area contributed by atoms with Crippen molar-refractivity contribution in [2.24, 2.45) is 22.4 Å². The number of carboxylic acids is 1. The molecule has 13 atom stereocenters. The van der Waals surface area contributed by atoms with E-state index >= 15 is 0 Å². The van der Waals surface area contributed by atoms with Crippen molar-refractivity contribution in [3.8, 4) is 0 Å². The fraction of sp³-hybridized carbons (Fsp3) is 0.721. The number of carbonyl (C=O) groups excluding carboxylic acids is 8. The number of amidine groups is 1. The van der Waals surface area contributed by atoms with Crippen molar-refractivity contribution in [3.63, 3.8) is 0 Å². The molecule has 2 aliphatic rings. The number of aliphatic hydroxyl groups is 5. The van der Waals surface area contributed by atoms with E-state index in [1.807, 2.05) is 0 Å². The van der Waals surface area contributed by atoms with Gasteiger partial charge in [0.05, 0.1) is 50.4 Å². The van der Waals surface area contributed by atoms with E-state index < -0.39 is 178 Å². The van der Waals surface area contributed by atoms with Crippen molar-refractivity contribution in [1.82, 2.24) is 31.5 Å². The van der Waals surface area contributed by atoms with E-state index in [-0.39, 0.29) is 44.7 Å². The molecular weight excluding hydrogens is 947 g/mol. The monoisotopic (exact) mass is 1020 g/mol. The Balaban J connectivity index is 2.17. The SMILES string of the molecule is CCC(CNC(=O)CCO[C@H](CC(=O)NC1=NC=C1)[C@H](O)[C@H](O)CO)C(=O)NC(CCC(=O)O[C@H]1[C@H](OC(C)CN(C(=O)C(CC)NC)[C@H](CCC(=O)O)C(N)=O)[C@@H](NC(C)=O)[C@@H](O)O[C@@H]1CO)C(N)=O. The van der Waals surface area contributed by atoms with Crippen molar-refractivity contribution in [1.29, 1.82) is 0 Å². The number of amides is 7. The summed E-state index contributed by atoms with van der Waals surface area (Å²) in [4.78, 5) is 119. The third kappa shape index (κ3) is 20.1. The summed E-state index contributed by atoms with van der Waals surface area (Å²) in [5, 5.41) is 72.9. The second kappa shape index (κ2) is 30.9. The summed E-state index contributed by atoms with van der Waals surface area (Å²) in [6.07, 6.45) is -11.6. The van der Waals surface area contributed by atoms with Gasteiger partial charge < -0.3 is 92.5 Å². The lowest BCUT2D eigenvalue weighted by Crippen LogP contribution is -2.66. The zero-order chi connectivity index (χ0) is 53.5. The van der Waals surface area contributed by atoms with Crippen LogP contribution in [0.1, 0.15) is 79.1 Å². The van der Waals surface area contributed by atoms with Gasteiger partial charge in [0, 0.05) is 45.5 Å². The highest BCUT2D eigenvalue weighted by Crippen LogP contribution is 2.28. The summed E-state index contributed by atoms with van der Waals surface area (Å²) < 4.78 is 22.9. The maximum Gasteiger partial charge on any atom is 0.306 e. The molecular formula is C43H71N9O19. The Morgan fingerprint density at radius 2 is 1.61 bits per heavy atom. The summed E-state index contributed by atoms with van der Waals surface area (Å²) >= 11 is 0. The molecule has 28 heteroatoms. The van der Waals surface area contributed by atoms with Crippen LogP contribution in [-0.2, 0) is 62.1 Å². The molecule has 15 N–H and O–H groups in total. The predicted octanol–water partition coefficient (Wildman–Crippen LogP) is -5.75. The third-order valence-electron chi connectivity index (χ3n) is 11.4. The maximum atomic E-state index is 13.7. The van der Waals surface area contributed by atoms with Gasteiger partial charge in [-0.05, 0) is 45.7 Å². The molecule has 4 unspecified atom stereocenters. The molecule has 2 rings (SSSR count). The van der Waals surface area contributed by atoms with Crippen molar-refractivity contribution < 1.29 is 92.7 Å². The number of nitrogens with zero attached hydrogens (tertiary/aromatic N) is 2. The van der Waals surface area contributed by atoms with Gasteiger partial charge in [-0.15, -0.1) is 0 Å². The van der Waals surface area contributed by atoms with Gasteiger partial charge >= 0.3 is 11.9 Å². The van der Waals surface area contributed by atoms with Gasteiger partial charge in [-0.25, -0.2) is 4.99 Å². The van der Waals surface area contributed by atoms with Gasteiger partial charge in [0.2, 0.25) is 41.4 Å². The zero-order valence-corrected chi connectivity index (χ0v) is 40.4. The fourth-order valence-corrected chi connectivity index (χ4v) is 7.47. The number of carboxylic acid groups (broad SMARTS) is 1. The Labute approximate surface area is 409 Å². The van der Waals surface area contributed by atoms with Gasteiger partial charge in [-0.2, -0.15) is 0 Å². The van der Waals surface area contributed by atoms with Gasteiger partial charge in [-0.3, -0.25) is 43.2 Å². The van der Waals surface area contributed by atoms with Gasteiger partial charge in [0.15, 0.2) is 12.4 Å². The molecule has 0 aromatic rings. The Kier molecular flexibility index (Phi) is 26.7. The first kappa shape index (κ1) is 61.4. The van der Waals surface area contributed by atoms with Crippen LogP contribution in [-0.4, -0.2) is 208 Å². The number of nitrogens with one attached hydrogen (secondary N) is 5. The average molecular weight is 1020 g/mol. The highest BCUT2D eigenvalue weighted by molar-refractivity contribution is 6.07. The van der Waals surface area contributed by atoms with Crippen LogP contribution >= 0.6 is 0 Å². The number of hydrogen-bond donors (Lipinski definition) is 13. The Morgan fingerprint density at radius 1 is 0.930 bits per heavy atom. The Morgan fingerprint density at radius 3 is 2.13 bits per heavy atom. The minimum absolute atomic E-state index is 0.149. The van der Waals surface area contributed by atoms with E-state index in [0.29, 0.717) is 0 Å². The second-order valence-electron chi connectivity index (χ2n) is 16.8. The first-order valence-electron chi connectivity index (χ1n) is 23.1. The number of aliphatic imine (C=N–C) groups is 1. The minimum atomic E-state index is -1.85. The van der Waals surface area contributed by atoms with Crippen LogP contribution in [0.5, 0.6) is 0 Å². The van der Waals surface area contributed by atoms with Crippen LogP contribution in [0.25, 0.3) is 0 Å².